The molecule has 1 fully saturated rings. The molecule has 1 heterocycles. The molecular weight excluding hydrogens is 288 g/mol. The average Bonchev–Trinajstić information content (AvgIpc) is 2.46. The van der Waals surface area contributed by atoms with Crippen molar-refractivity contribution >= 4 is 23.4 Å². The van der Waals surface area contributed by atoms with Gasteiger partial charge in [0.05, 0.1) is 0 Å². The Balaban J connectivity index is 2.47. The van der Waals surface area contributed by atoms with Crippen LogP contribution in [-0.2, 0) is 15.1 Å². The van der Waals surface area contributed by atoms with Gasteiger partial charge < -0.3 is 10.2 Å². The molecule has 1 unspecified atom stereocenters. The van der Waals surface area contributed by atoms with Gasteiger partial charge in [-0.15, -0.1) is 0 Å². The van der Waals surface area contributed by atoms with Gasteiger partial charge in [-0.2, -0.15) is 0 Å². The van der Waals surface area contributed by atoms with Gasteiger partial charge in [-0.05, 0) is 26.3 Å². The van der Waals surface area contributed by atoms with E-state index in [9.17, 15) is 9.59 Å². The molecule has 0 saturated carbocycles. The third kappa shape index (κ3) is 2.56. The van der Waals surface area contributed by atoms with Crippen LogP contribution < -0.4 is 5.32 Å². The molecule has 0 spiro atoms. The van der Waals surface area contributed by atoms with Crippen molar-refractivity contribution < 1.29 is 9.59 Å². The Labute approximate surface area is 129 Å². The van der Waals surface area contributed by atoms with E-state index in [4.69, 9.17) is 11.6 Å². The second-order valence-corrected chi connectivity index (χ2v) is 6.03. The van der Waals surface area contributed by atoms with Gasteiger partial charge in [0.2, 0.25) is 5.91 Å². The lowest BCUT2D eigenvalue weighted by molar-refractivity contribution is -0.160. The van der Waals surface area contributed by atoms with E-state index in [2.05, 4.69) is 5.32 Å². The average molecular weight is 307 g/mol. The summed E-state index contributed by atoms with van der Waals surface area (Å²) in [6, 6.07) is 9.25. The number of rotatable bonds is 3. The van der Waals surface area contributed by atoms with Crippen molar-refractivity contribution in [3.8, 4) is 0 Å². The summed E-state index contributed by atoms with van der Waals surface area (Å²) in [5, 5.41) is 2.87. The van der Waals surface area contributed by atoms with Crippen molar-refractivity contribution in [3.05, 3.63) is 47.5 Å². The largest absolute Gasteiger partial charge is 0.336 e. The lowest BCUT2D eigenvalue weighted by Gasteiger charge is -2.48. The van der Waals surface area contributed by atoms with Crippen LogP contribution in [0.25, 0.3) is 0 Å². The number of hydrogen-bond donors (Lipinski definition) is 1. The normalized spacial score (nSPS) is 25.2. The fourth-order valence-electron chi connectivity index (χ4n) is 2.50. The number of carbonyl (C=O) groups is 2. The molecule has 5 heteroatoms. The molecule has 1 saturated heterocycles. The maximum absolute atomic E-state index is 12.9. The van der Waals surface area contributed by atoms with E-state index in [0.717, 1.165) is 5.56 Å². The van der Waals surface area contributed by atoms with Crippen molar-refractivity contribution in [2.24, 2.45) is 0 Å². The SMILES string of the molecule is CC1(c2ccccc2)NC(=O)C(C)(C)N(C/C=C/Cl)C1=O. The summed E-state index contributed by atoms with van der Waals surface area (Å²) in [6.07, 6.45) is 1.66. The molecule has 1 aliphatic heterocycles. The molecule has 1 aromatic rings. The third-order valence-electron chi connectivity index (χ3n) is 4.00. The zero-order valence-electron chi connectivity index (χ0n) is 12.4. The molecule has 1 N–H and O–H groups in total. The minimum absolute atomic E-state index is 0.145. The number of benzene rings is 1. The highest BCUT2D eigenvalue weighted by Gasteiger charge is 2.52. The molecule has 0 aromatic heterocycles. The van der Waals surface area contributed by atoms with Gasteiger partial charge in [0.1, 0.15) is 11.1 Å². The predicted molar refractivity (Wildman–Crippen MR) is 82.7 cm³/mol. The molecule has 4 nitrogen and oxygen atoms in total. The summed E-state index contributed by atoms with van der Waals surface area (Å²) >= 11 is 5.57. The van der Waals surface area contributed by atoms with Gasteiger partial charge in [0, 0.05) is 12.1 Å². The summed E-state index contributed by atoms with van der Waals surface area (Å²) in [5.74, 6) is -0.329. The summed E-state index contributed by atoms with van der Waals surface area (Å²) in [4.78, 5) is 27.0. The second kappa shape index (κ2) is 5.53. The van der Waals surface area contributed by atoms with Crippen LogP contribution in [-0.4, -0.2) is 28.8 Å². The number of carbonyl (C=O) groups excluding carboxylic acids is 2. The zero-order valence-corrected chi connectivity index (χ0v) is 13.1. The summed E-state index contributed by atoms with van der Waals surface area (Å²) < 4.78 is 0. The Morgan fingerprint density at radius 1 is 1.19 bits per heavy atom. The molecular formula is C16H19ClN2O2. The first-order chi connectivity index (χ1) is 9.84. The molecule has 112 valence electrons. The Morgan fingerprint density at radius 2 is 1.81 bits per heavy atom. The van der Waals surface area contributed by atoms with E-state index in [1.165, 1.54) is 5.54 Å². The van der Waals surface area contributed by atoms with Crippen LogP contribution in [0.4, 0.5) is 0 Å². The Kier molecular flexibility index (Phi) is 4.10. The van der Waals surface area contributed by atoms with Crippen LogP contribution in [0.5, 0.6) is 0 Å². The molecule has 0 radical (unpaired) electrons. The maximum Gasteiger partial charge on any atom is 0.253 e. The van der Waals surface area contributed by atoms with E-state index < -0.39 is 11.1 Å². The molecule has 1 atom stereocenters. The first kappa shape index (κ1) is 15.6. The summed E-state index contributed by atoms with van der Waals surface area (Å²) in [7, 11) is 0. The number of nitrogens with zero attached hydrogens (tertiary/aromatic N) is 1. The Hall–Kier alpha value is -1.81. The highest BCUT2D eigenvalue weighted by Crippen LogP contribution is 2.32. The van der Waals surface area contributed by atoms with Gasteiger partial charge in [0.25, 0.3) is 5.91 Å². The Morgan fingerprint density at radius 3 is 2.38 bits per heavy atom. The fourth-order valence-corrected chi connectivity index (χ4v) is 2.58. The first-order valence-electron chi connectivity index (χ1n) is 6.79. The lowest BCUT2D eigenvalue weighted by Crippen LogP contribution is -2.71. The van der Waals surface area contributed by atoms with Crippen LogP contribution in [0.2, 0.25) is 0 Å². The number of piperazine rings is 1. The molecule has 2 amide bonds. The van der Waals surface area contributed by atoms with Gasteiger partial charge in [-0.3, -0.25) is 9.59 Å². The van der Waals surface area contributed by atoms with Crippen LogP contribution in [0, 0.1) is 0 Å². The van der Waals surface area contributed by atoms with Crippen molar-refractivity contribution in [3.63, 3.8) is 0 Å². The Bertz CT molecular complexity index is 583. The van der Waals surface area contributed by atoms with Crippen molar-refractivity contribution in [2.75, 3.05) is 6.54 Å². The van der Waals surface area contributed by atoms with E-state index >= 15 is 0 Å². The number of halogens is 1. The van der Waals surface area contributed by atoms with E-state index in [0.29, 0.717) is 6.54 Å². The topological polar surface area (TPSA) is 49.4 Å². The monoisotopic (exact) mass is 306 g/mol. The second-order valence-electron chi connectivity index (χ2n) is 5.78. The minimum Gasteiger partial charge on any atom is -0.336 e. The molecule has 1 aliphatic rings. The summed E-state index contributed by atoms with van der Waals surface area (Å²) in [5.41, 5.74) is 0.143. The number of hydrogen-bond acceptors (Lipinski definition) is 2. The van der Waals surface area contributed by atoms with Crippen molar-refractivity contribution in [1.82, 2.24) is 10.2 Å². The molecule has 2 rings (SSSR count). The molecule has 1 aromatic carbocycles. The van der Waals surface area contributed by atoms with E-state index in [-0.39, 0.29) is 11.8 Å². The van der Waals surface area contributed by atoms with Gasteiger partial charge in [-0.1, -0.05) is 48.0 Å². The zero-order chi connectivity index (χ0) is 15.7. The lowest BCUT2D eigenvalue weighted by atomic mass is 9.83. The molecule has 0 bridgehead atoms. The van der Waals surface area contributed by atoms with Crippen molar-refractivity contribution in [2.45, 2.75) is 31.8 Å². The third-order valence-corrected chi connectivity index (χ3v) is 4.17. The smallest absolute Gasteiger partial charge is 0.253 e. The highest BCUT2D eigenvalue weighted by molar-refractivity contribution is 6.25. The van der Waals surface area contributed by atoms with Crippen LogP contribution in [0.15, 0.2) is 41.9 Å². The predicted octanol–water partition coefficient (Wildman–Crippen LogP) is 2.39. The quantitative estimate of drug-likeness (QED) is 0.932. The standard InChI is InChI=1S/C16H19ClN2O2/c1-15(2)13(20)18-16(3,12-8-5-4-6-9-12)14(21)19(15)11-7-10-17/h4-10H,11H2,1-3H3,(H,18,20)/b10-7+. The van der Waals surface area contributed by atoms with Crippen LogP contribution >= 0.6 is 11.6 Å². The number of nitrogens with one attached hydrogen (secondary N) is 1. The number of amides is 2. The van der Waals surface area contributed by atoms with Crippen LogP contribution in [0.1, 0.15) is 26.3 Å². The van der Waals surface area contributed by atoms with Gasteiger partial charge in [-0.25, -0.2) is 0 Å². The highest BCUT2D eigenvalue weighted by atomic mass is 35.5. The first-order valence-corrected chi connectivity index (χ1v) is 7.23. The molecule has 21 heavy (non-hydrogen) atoms. The molecule has 0 aliphatic carbocycles. The maximum atomic E-state index is 12.9. The van der Waals surface area contributed by atoms with Gasteiger partial charge in [0.15, 0.2) is 0 Å². The van der Waals surface area contributed by atoms with E-state index in [1.807, 2.05) is 30.3 Å². The van der Waals surface area contributed by atoms with Gasteiger partial charge >= 0.3 is 0 Å². The summed E-state index contributed by atoms with van der Waals surface area (Å²) in [6.45, 7) is 5.49. The van der Waals surface area contributed by atoms with Crippen molar-refractivity contribution in [1.29, 1.82) is 0 Å². The minimum atomic E-state index is -1.06. The fraction of sp³-hybridized carbons (Fsp3) is 0.375. The van der Waals surface area contributed by atoms with E-state index in [1.54, 1.807) is 31.7 Å². The van der Waals surface area contributed by atoms with Crippen LogP contribution in [0.3, 0.4) is 0 Å².